The molecule has 1 aliphatic rings. The molecule has 1 aromatic rings. The van der Waals surface area contributed by atoms with E-state index in [9.17, 15) is 8.42 Å². The van der Waals surface area contributed by atoms with Crippen LogP contribution in [0.25, 0.3) is 0 Å². The van der Waals surface area contributed by atoms with Crippen LogP contribution in [-0.4, -0.2) is 38.4 Å². The minimum Gasteiger partial charge on any atom is -0.315 e. The molecule has 4 nitrogen and oxygen atoms in total. The number of benzene rings is 1. The van der Waals surface area contributed by atoms with Crippen LogP contribution in [-0.2, 0) is 10.0 Å². The van der Waals surface area contributed by atoms with Gasteiger partial charge in [-0.25, -0.2) is 8.42 Å². The fraction of sp³-hybridized carbons (Fsp3) is 0.538. The second-order valence-corrected chi connectivity index (χ2v) is 7.97. The highest BCUT2D eigenvalue weighted by molar-refractivity contribution is 9.10. The van der Waals surface area contributed by atoms with Gasteiger partial charge < -0.3 is 5.32 Å². The van der Waals surface area contributed by atoms with E-state index in [1.54, 1.807) is 22.5 Å². The maximum absolute atomic E-state index is 12.8. The molecular formula is C13H18BrClN2O2S. The first-order valence-corrected chi connectivity index (χ1v) is 9.25. The third kappa shape index (κ3) is 3.36. The lowest BCUT2D eigenvalue weighted by Gasteiger charge is -2.33. The largest absolute Gasteiger partial charge is 0.315 e. The molecule has 2 rings (SSSR count). The molecule has 1 aromatic carbocycles. The summed E-state index contributed by atoms with van der Waals surface area (Å²) in [4.78, 5) is 0.176. The lowest BCUT2D eigenvalue weighted by molar-refractivity contribution is 0.274. The van der Waals surface area contributed by atoms with Crippen molar-refractivity contribution in [2.24, 2.45) is 0 Å². The molecule has 0 radical (unpaired) electrons. The van der Waals surface area contributed by atoms with E-state index in [0.717, 1.165) is 23.9 Å². The van der Waals surface area contributed by atoms with Crippen LogP contribution in [0.15, 0.2) is 27.6 Å². The van der Waals surface area contributed by atoms with Crippen molar-refractivity contribution in [2.45, 2.75) is 30.7 Å². The molecule has 0 spiro atoms. The second-order valence-electron chi connectivity index (χ2n) is 4.78. The quantitative estimate of drug-likeness (QED) is 0.872. The molecule has 0 amide bonds. The Balaban J connectivity index is 2.35. The zero-order chi connectivity index (χ0) is 14.8. The molecule has 112 valence electrons. The van der Waals surface area contributed by atoms with Crippen LogP contribution in [0.5, 0.6) is 0 Å². The topological polar surface area (TPSA) is 49.4 Å². The molecule has 1 unspecified atom stereocenters. The predicted molar refractivity (Wildman–Crippen MR) is 84.6 cm³/mol. The van der Waals surface area contributed by atoms with Crippen molar-refractivity contribution in [3.05, 3.63) is 27.7 Å². The number of nitrogens with one attached hydrogen (secondary N) is 1. The van der Waals surface area contributed by atoms with E-state index < -0.39 is 10.0 Å². The number of piperidine rings is 1. The third-order valence-electron chi connectivity index (χ3n) is 3.47. The first-order chi connectivity index (χ1) is 9.46. The van der Waals surface area contributed by atoms with Gasteiger partial charge in [-0.2, -0.15) is 4.31 Å². The Morgan fingerprint density at radius 2 is 2.25 bits per heavy atom. The Morgan fingerprint density at radius 1 is 1.50 bits per heavy atom. The van der Waals surface area contributed by atoms with Gasteiger partial charge in [0.05, 0.1) is 5.02 Å². The van der Waals surface area contributed by atoms with Crippen LogP contribution >= 0.6 is 27.5 Å². The number of rotatable bonds is 4. The SMILES string of the molecule is CCN(C1CCCNC1)S(=O)(=O)c1ccc(Br)cc1Cl. The van der Waals surface area contributed by atoms with E-state index in [2.05, 4.69) is 21.2 Å². The highest BCUT2D eigenvalue weighted by Gasteiger charge is 2.32. The highest BCUT2D eigenvalue weighted by Crippen LogP contribution is 2.29. The van der Waals surface area contributed by atoms with E-state index in [1.165, 1.54) is 0 Å². The summed E-state index contributed by atoms with van der Waals surface area (Å²) >= 11 is 9.39. The van der Waals surface area contributed by atoms with E-state index in [-0.39, 0.29) is 16.0 Å². The molecule has 1 atom stereocenters. The van der Waals surface area contributed by atoms with Crippen molar-refractivity contribution in [1.29, 1.82) is 0 Å². The fourth-order valence-corrected chi connectivity index (χ4v) is 5.19. The van der Waals surface area contributed by atoms with Gasteiger partial charge in [-0.05, 0) is 37.6 Å². The Kier molecular flexibility index (Phi) is 5.48. The van der Waals surface area contributed by atoms with Gasteiger partial charge in [-0.15, -0.1) is 0 Å². The zero-order valence-electron chi connectivity index (χ0n) is 11.3. The highest BCUT2D eigenvalue weighted by atomic mass is 79.9. The summed E-state index contributed by atoms with van der Waals surface area (Å²) in [6, 6.07) is 4.87. The number of likely N-dealkylation sites (N-methyl/N-ethyl adjacent to an activating group) is 1. The fourth-order valence-electron chi connectivity index (χ4n) is 2.51. The maximum Gasteiger partial charge on any atom is 0.244 e. The molecule has 0 aromatic heterocycles. The van der Waals surface area contributed by atoms with Crippen molar-refractivity contribution in [3.8, 4) is 0 Å². The minimum atomic E-state index is -3.56. The summed E-state index contributed by atoms with van der Waals surface area (Å²) in [6.07, 6.45) is 1.87. The summed E-state index contributed by atoms with van der Waals surface area (Å²) in [7, 11) is -3.56. The minimum absolute atomic E-state index is 0.00142. The van der Waals surface area contributed by atoms with Crippen molar-refractivity contribution in [1.82, 2.24) is 9.62 Å². The summed E-state index contributed by atoms with van der Waals surface area (Å²) in [6.45, 7) is 3.95. The molecule has 1 N–H and O–H groups in total. The van der Waals surface area contributed by atoms with Crippen molar-refractivity contribution >= 4 is 37.6 Å². The zero-order valence-corrected chi connectivity index (χ0v) is 14.4. The lowest BCUT2D eigenvalue weighted by atomic mass is 10.1. The van der Waals surface area contributed by atoms with Crippen molar-refractivity contribution in [3.63, 3.8) is 0 Å². The van der Waals surface area contributed by atoms with E-state index in [4.69, 9.17) is 11.6 Å². The Hall–Kier alpha value is -0.140. The van der Waals surface area contributed by atoms with Gasteiger partial charge >= 0.3 is 0 Å². The molecule has 20 heavy (non-hydrogen) atoms. The molecule has 0 aliphatic carbocycles. The number of hydrogen-bond acceptors (Lipinski definition) is 3. The number of sulfonamides is 1. The molecule has 1 saturated heterocycles. The number of nitrogens with zero attached hydrogens (tertiary/aromatic N) is 1. The van der Waals surface area contributed by atoms with Crippen LogP contribution in [0.4, 0.5) is 0 Å². The number of hydrogen-bond donors (Lipinski definition) is 1. The number of halogens is 2. The Labute approximate surface area is 133 Å². The monoisotopic (exact) mass is 380 g/mol. The van der Waals surface area contributed by atoms with Gasteiger partial charge in [0.1, 0.15) is 4.90 Å². The van der Waals surface area contributed by atoms with Crippen molar-refractivity contribution < 1.29 is 8.42 Å². The average molecular weight is 382 g/mol. The molecule has 0 saturated carbocycles. The first-order valence-electron chi connectivity index (χ1n) is 6.64. The van der Waals surface area contributed by atoms with Gasteiger partial charge in [0.2, 0.25) is 10.0 Å². The molecule has 1 heterocycles. The van der Waals surface area contributed by atoms with E-state index in [1.807, 2.05) is 6.92 Å². The first kappa shape index (κ1) is 16.2. The summed E-state index contributed by atoms with van der Waals surface area (Å²) in [5.41, 5.74) is 0. The Morgan fingerprint density at radius 3 is 2.80 bits per heavy atom. The standard InChI is InChI=1S/C13H18BrClN2O2S/c1-2-17(11-4-3-7-16-9-11)20(18,19)13-6-5-10(14)8-12(13)15/h5-6,8,11,16H,2-4,7,9H2,1H3. The molecule has 7 heteroatoms. The van der Waals surface area contributed by atoms with Gasteiger partial charge in [0, 0.05) is 23.6 Å². The Bertz CT molecular complexity index is 574. The van der Waals surface area contributed by atoms with Crippen LogP contribution in [0, 0.1) is 0 Å². The molecular weight excluding hydrogens is 364 g/mol. The molecule has 1 fully saturated rings. The van der Waals surface area contributed by atoms with Crippen molar-refractivity contribution in [2.75, 3.05) is 19.6 Å². The van der Waals surface area contributed by atoms with Gasteiger partial charge in [-0.3, -0.25) is 0 Å². The van der Waals surface area contributed by atoms with E-state index in [0.29, 0.717) is 13.1 Å². The average Bonchev–Trinajstić information content (AvgIpc) is 2.40. The molecule has 1 aliphatic heterocycles. The normalized spacial score (nSPS) is 20.3. The van der Waals surface area contributed by atoms with Gasteiger partial charge in [0.15, 0.2) is 0 Å². The van der Waals surface area contributed by atoms with Gasteiger partial charge in [-0.1, -0.05) is 34.5 Å². The summed E-state index contributed by atoms with van der Waals surface area (Å²) in [5, 5.41) is 3.50. The van der Waals surface area contributed by atoms with E-state index >= 15 is 0 Å². The molecule has 0 bridgehead atoms. The third-order valence-corrected chi connectivity index (χ3v) is 6.47. The lowest BCUT2D eigenvalue weighted by Crippen LogP contribution is -2.48. The van der Waals surface area contributed by atoms with Crippen LogP contribution in [0.1, 0.15) is 19.8 Å². The van der Waals surface area contributed by atoms with Crippen LogP contribution in [0.3, 0.4) is 0 Å². The maximum atomic E-state index is 12.8. The predicted octanol–water partition coefficient (Wildman–Crippen LogP) is 2.87. The smallest absolute Gasteiger partial charge is 0.244 e. The van der Waals surface area contributed by atoms with Crippen LogP contribution < -0.4 is 5.32 Å². The van der Waals surface area contributed by atoms with Crippen LogP contribution in [0.2, 0.25) is 5.02 Å². The summed E-state index contributed by atoms with van der Waals surface area (Å²) in [5.74, 6) is 0. The summed E-state index contributed by atoms with van der Waals surface area (Å²) < 4.78 is 27.9. The second kappa shape index (κ2) is 6.75. The van der Waals surface area contributed by atoms with Gasteiger partial charge in [0.25, 0.3) is 0 Å².